The van der Waals surface area contributed by atoms with Crippen LogP contribution in [0.5, 0.6) is 5.88 Å². The normalized spacial score (nSPS) is 10.5. The smallest absolute Gasteiger partial charge is 0.209 e. The average Bonchev–Trinajstić information content (AvgIpc) is 2.60. The molecule has 2 rings (SSSR count). The fraction of sp³-hybridized carbons (Fsp3) is 0.182. The summed E-state index contributed by atoms with van der Waals surface area (Å²) in [5.41, 5.74) is 1.64. The minimum atomic E-state index is 0.174. The maximum atomic E-state index is 9.53. The van der Waals surface area contributed by atoms with Crippen LogP contribution in [0.25, 0.3) is 11.3 Å². The molecule has 1 aromatic heterocycles. The molecule has 1 N–H and O–H groups in total. The van der Waals surface area contributed by atoms with Crippen molar-refractivity contribution in [3.05, 3.63) is 35.4 Å². The largest absolute Gasteiger partial charge is 0.493 e. The molecule has 2 aromatic rings. The van der Waals surface area contributed by atoms with E-state index in [2.05, 4.69) is 5.10 Å². The number of halogens is 1. The SMILES string of the molecule is CCn1nc(-c2cccc(Cl)c2)cc1O. The molecule has 0 aliphatic rings. The molecule has 0 fully saturated rings. The van der Waals surface area contributed by atoms with Gasteiger partial charge in [0, 0.05) is 23.2 Å². The van der Waals surface area contributed by atoms with Gasteiger partial charge in [-0.15, -0.1) is 0 Å². The summed E-state index contributed by atoms with van der Waals surface area (Å²) in [5.74, 6) is 0.174. The number of hydrogen-bond donors (Lipinski definition) is 1. The lowest BCUT2D eigenvalue weighted by molar-refractivity contribution is 0.405. The summed E-state index contributed by atoms with van der Waals surface area (Å²) in [6.07, 6.45) is 0. The van der Waals surface area contributed by atoms with Gasteiger partial charge >= 0.3 is 0 Å². The summed E-state index contributed by atoms with van der Waals surface area (Å²) >= 11 is 5.88. The molecular weight excluding hydrogens is 212 g/mol. The van der Waals surface area contributed by atoms with Gasteiger partial charge in [0.15, 0.2) is 0 Å². The van der Waals surface area contributed by atoms with E-state index in [9.17, 15) is 5.11 Å². The summed E-state index contributed by atoms with van der Waals surface area (Å²) in [5, 5.41) is 14.4. The molecule has 78 valence electrons. The second-order valence-corrected chi connectivity index (χ2v) is 3.65. The van der Waals surface area contributed by atoms with Gasteiger partial charge < -0.3 is 5.11 Å². The van der Waals surface area contributed by atoms with Gasteiger partial charge in [-0.3, -0.25) is 0 Å². The number of hydrogen-bond acceptors (Lipinski definition) is 2. The summed E-state index contributed by atoms with van der Waals surface area (Å²) in [7, 11) is 0. The van der Waals surface area contributed by atoms with Crippen LogP contribution < -0.4 is 0 Å². The summed E-state index contributed by atoms with van der Waals surface area (Å²) in [6, 6.07) is 9.04. The second kappa shape index (κ2) is 3.95. The van der Waals surface area contributed by atoms with E-state index in [1.54, 1.807) is 6.07 Å². The maximum absolute atomic E-state index is 9.53. The summed E-state index contributed by atoms with van der Waals surface area (Å²) in [4.78, 5) is 0. The van der Waals surface area contributed by atoms with E-state index in [1.807, 2.05) is 31.2 Å². The van der Waals surface area contributed by atoms with Gasteiger partial charge in [0.1, 0.15) is 0 Å². The molecule has 0 amide bonds. The molecule has 0 saturated heterocycles. The van der Waals surface area contributed by atoms with Crippen molar-refractivity contribution in [1.29, 1.82) is 0 Å². The third-order valence-corrected chi connectivity index (χ3v) is 2.41. The quantitative estimate of drug-likeness (QED) is 0.849. The van der Waals surface area contributed by atoms with Crippen LogP contribution in [-0.2, 0) is 6.54 Å². The van der Waals surface area contributed by atoms with Gasteiger partial charge in [0.25, 0.3) is 0 Å². The van der Waals surface area contributed by atoms with Crippen molar-refractivity contribution in [3.8, 4) is 17.1 Å². The lowest BCUT2D eigenvalue weighted by Gasteiger charge is -1.97. The first-order valence-electron chi connectivity index (χ1n) is 4.73. The number of rotatable bonds is 2. The third-order valence-electron chi connectivity index (χ3n) is 2.18. The number of aromatic hydroxyl groups is 1. The highest BCUT2D eigenvalue weighted by Crippen LogP contribution is 2.24. The molecule has 1 aromatic carbocycles. The fourth-order valence-electron chi connectivity index (χ4n) is 1.43. The summed E-state index contributed by atoms with van der Waals surface area (Å²) in [6.45, 7) is 2.57. The van der Waals surface area contributed by atoms with Crippen LogP contribution in [0.4, 0.5) is 0 Å². The summed E-state index contributed by atoms with van der Waals surface area (Å²) < 4.78 is 1.54. The minimum Gasteiger partial charge on any atom is -0.493 e. The Labute approximate surface area is 92.9 Å². The topological polar surface area (TPSA) is 38.0 Å². The van der Waals surface area contributed by atoms with Gasteiger partial charge in [-0.1, -0.05) is 23.7 Å². The van der Waals surface area contributed by atoms with Crippen molar-refractivity contribution in [3.63, 3.8) is 0 Å². The van der Waals surface area contributed by atoms with Crippen molar-refractivity contribution in [1.82, 2.24) is 9.78 Å². The van der Waals surface area contributed by atoms with Crippen molar-refractivity contribution in [2.75, 3.05) is 0 Å². The number of nitrogens with zero attached hydrogens (tertiary/aromatic N) is 2. The molecule has 3 nitrogen and oxygen atoms in total. The van der Waals surface area contributed by atoms with Crippen LogP contribution in [0, 0.1) is 0 Å². The highest BCUT2D eigenvalue weighted by Gasteiger charge is 2.07. The third kappa shape index (κ3) is 1.97. The van der Waals surface area contributed by atoms with Crippen molar-refractivity contribution < 1.29 is 5.11 Å². The average molecular weight is 223 g/mol. The first-order valence-corrected chi connectivity index (χ1v) is 5.11. The molecule has 0 atom stereocenters. The minimum absolute atomic E-state index is 0.174. The van der Waals surface area contributed by atoms with E-state index in [-0.39, 0.29) is 5.88 Å². The van der Waals surface area contributed by atoms with Crippen LogP contribution in [0.1, 0.15) is 6.92 Å². The van der Waals surface area contributed by atoms with Crippen molar-refractivity contribution in [2.24, 2.45) is 0 Å². The second-order valence-electron chi connectivity index (χ2n) is 3.21. The van der Waals surface area contributed by atoms with Crippen LogP contribution in [-0.4, -0.2) is 14.9 Å². The Morgan fingerprint density at radius 3 is 2.80 bits per heavy atom. The highest BCUT2D eigenvalue weighted by atomic mass is 35.5. The van der Waals surface area contributed by atoms with Gasteiger partial charge in [-0.25, -0.2) is 4.68 Å². The van der Waals surface area contributed by atoms with Crippen LogP contribution in [0.15, 0.2) is 30.3 Å². The lowest BCUT2D eigenvalue weighted by Crippen LogP contribution is -1.95. The van der Waals surface area contributed by atoms with E-state index in [0.717, 1.165) is 11.3 Å². The van der Waals surface area contributed by atoms with Gasteiger partial charge in [-0.05, 0) is 19.1 Å². The Morgan fingerprint density at radius 1 is 1.40 bits per heavy atom. The molecule has 0 bridgehead atoms. The molecule has 4 heteroatoms. The van der Waals surface area contributed by atoms with Gasteiger partial charge in [0.05, 0.1) is 5.69 Å². The van der Waals surface area contributed by atoms with E-state index < -0.39 is 0 Å². The molecule has 15 heavy (non-hydrogen) atoms. The molecule has 0 aliphatic carbocycles. The van der Waals surface area contributed by atoms with E-state index in [1.165, 1.54) is 4.68 Å². The Morgan fingerprint density at radius 2 is 2.20 bits per heavy atom. The Balaban J connectivity index is 2.45. The highest BCUT2D eigenvalue weighted by molar-refractivity contribution is 6.30. The van der Waals surface area contributed by atoms with Crippen LogP contribution in [0.2, 0.25) is 5.02 Å². The van der Waals surface area contributed by atoms with E-state index in [4.69, 9.17) is 11.6 Å². The molecule has 0 aliphatic heterocycles. The monoisotopic (exact) mass is 222 g/mol. The first kappa shape index (κ1) is 10.1. The predicted octanol–water partition coefficient (Wildman–Crippen LogP) is 2.93. The molecule has 0 spiro atoms. The Hall–Kier alpha value is -1.48. The zero-order chi connectivity index (χ0) is 10.8. The lowest BCUT2D eigenvalue weighted by atomic mass is 10.2. The maximum Gasteiger partial charge on any atom is 0.209 e. The van der Waals surface area contributed by atoms with Crippen molar-refractivity contribution >= 4 is 11.6 Å². The molecule has 1 heterocycles. The Kier molecular flexibility index (Phi) is 2.64. The van der Waals surface area contributed by atoms with Crippen molar-refractivity contribution in [2.45, 2.75) is 13.5 Å². The van der Waals surface area contributed by atoms with Crippen LogP contribution >= 0.6 is 11.6 Å². The van der Waals surface area contributed by atoms with Gasteiger partial charge in [-0.2, -0.15) is 5.10 Å². The zero-order valence-corrected chi connectivity index (χ0v) is 9.07. The standard InChI is InChI=1S/C11H11ClN2O/c1-2-14-11(15)7-10(13-14)8-4-3-5-9(12)6-8/h3-7,15H,2H2,1H3. The van der Waals surface area contributed by atoms with Crippen LogP contribution in [0.3, 0.4) is 0 Å². The molecule has 0 unspecified atom stereocenters. The fourth-order valence-corrected chi connectivity index (χ4v) is 1.62. The Bertz CT molecular complexity index is 479. The predicted molar refractivity (Wildman–Crippen MR) is 60.0 cm³/mol. The van der Waals surface area contributed by atoms with Gasteiger partial charge in [0.2, 0.25) is 5.88 Å². The first-order chi connectivity index (χ1) is 7.20. The number of aryl methyl sites for hydroxylation is 1. The number of aromatic nitrogens is 2. The van der Waals surface area contributed by atoms with E-state index >= 15 is 0 Å². The molecule has 0 saturated carbocycles. The molecule has 0 radical (unpaired) electrons. The molecular formula is C11H11ClN2O. The van der Waals surface area contributed by atoms with E-state index in [0.29, 0.717) is 11.6 Å². The zero-order valence-electron chi connectivity index (χ0n) is 8.31. The number of benzene rings is 1.